The van der Waals surface area contributed by atoms with Gasteiger partial charge in [-0.15, -0.1) is 0 Å². The molecule has 0 unspecified atom stereocenters. The van der Waals surface area contributed by atoms with Crippen LogP contribution in [0.25, 0.3) is 5.57 Å². The molecule has 26 heavy (non-hydrogen) atoms. The van der Waals surface area contributed by atoms with Crippen LogP contribution in [-0.4, -0.2) is 23.9 Å². The van der Waals surface area contributed by atoms with E-state index >= 15 is 0 Å². The zero-order valence-corrected chi connectivity index (χ0v) is 16.2. The molecule has 2 aromatic carbocycles. The number of nitrogens with one attached hydrogen (secondary N) is 2. The maximum Gasteiger partial charge on any atom is 0.253 e. The molecule has 0 bridgehead atoms. The third kappa shape index (κ3) is 3.84. The van der Waals surface area contributed by atoms with Crippen molar-refractivity contribution < 1.29 is 4.79 Å². The zero-order chi connectivity index (χ0) is 17.9. The van der Waals surface area contributed by atoms with Crippen LogP contribution in [0.15, 0.2) is 53.1 Å². The minimum atomic E-state index is -0.0475. The van der Waals surface area contributed by atoms with Crippen LogP contribution in [0.1, 0.15) is 29.5 Å². The van der Waals surface area contributed by atoms with E-state index in [9.17, 15) is 4.79 Å². The molecule has 134 valence electrons. The molecule has 2 aliphatic heterocycles. The summed E-state index contributed by atoms with van der Waals surface area (Å²) in [6.07, 6.45) is 4.43. The number of halogens is 1. The van der Waals surface area contributed by atoms with Crippen molar-refractivity contribution in [1.82, 2.24) is 10.2 Å². The highest BCUT2D eigenvalue weighted by Crippen LogP contribution is 2.27. The van der Waals surface area contributed by atoms with Gasteiger partial charge in [0.1, 0.15) is 0 Å². The highest BCUT2D eigenvalue weighted by Gasteiger charge is 2.21. The predicted molar refractivity (Wildman–Crippen MR) is 109 cm³/mol. The van der Waals surface area contributed by atoms with Crippen molar-refractivity contribution in [3.05, 3.63) is 69.8 Å². The second-order valence-corrected chi connectivity index (χ2v) is 7.78. The molecule has 2 aromatic rings. The monoisotopic (exact) mass is 411 g/mol. The number of hydrogen-bond donors (Lipinski definition) is 2. The van der Waals surface area contributed by atoms with Crippen LogP contribution >= 0.6 is 15.9 Å². The van der Waals surface area contributed by atoms with Crippen molar-refractivity contribution in [2.24, 2.45) is 0 Å². The quantitative estimate of drug-likeness (QED) is 0.743. The Hall–Kier alpha value is -2.11. The number of amides is 1. The van der Waals surface area contributed by atoms with E-state index in [4.69, 9.17) is 0 Å². The lowest BCUT2D eigenvalue weighted by Crippen LogP contribution is -2.29. The third-order valence-corrected chi connectivity index (χ3v) is 5.48. The van der Waals surface area contributed by atoms with Crippen LogP contribution < -0.4 is 10.6 Å². The number of hydrogen-bond acceptors (Lipinski definition) is 3. The van der Waals surface area contributed by atoms with Gasteiger partial charge < -0.3 is 10.6 Å². The fourth-order valence-electron chi connectivity index (χ4n) is 3.55. The molecule has 0 radical (unpaired) electrons. The molecule has 5 heteroatoms. The van der Waals surface area contributed by atoms with Crippen LogP contribution in [0.2, 0.25) is 0 Å². The average molecular weight is 412 g/mol. The van der Waals surface area contributed by atoms with Crippen molar-refractivity contribution in [3.8, 4) is 0 Å². The van der Waals surface area contributed by atoms with E-state index in [1.54, 1.807) is 6.20 Å². The van der Waals surface area contributed by atoms with Gasteiger partial charge in [0.15, 0.2) is 0 Å². The molecule has 2 aliphatic rings. The van der Waals surface area contributed by atoms with Gasteiger partial charge >= 0.3 is 0 Å². The molecular formula is C21H22BrN3O. The minimum Gasteiger partial charge on any atom is -0.361 e. The first-order valence-electron chi connectivity index (χ1n) is 9.04. The van der Waals surface area contributed by atoms with E-state index in [1.807, 2.05) is 18.2 Å². The molecule has 2 heterocycles. The maximum atomic E-state index is 12.3. The van der Waals surface area contributed by atoms with Gasteiger partial charge in [0, 0.05) is 29.4 Å². The van der Waals surface area contributed by atoms with E-state index in [-0.39, 0.29) is 5.91 Å². The summed E-state index contributed by atoms with van der Waals surface area (Å²) in [5.41, 5.74) is 5.07. The topological polar surface area (TPSA) is 44.4 Å². The molecule has 0 aromatic heterocycles. The van der Waals surface area contributed by atoms with Crippen molar-refractivity contribution in [2.45, 2.75) is 25.9 Å². The number of anilines is 1. The number of nitrogens with zero attached hydrogens (tertiary/aromatic N) is 1. The lowest BCUT2D eigenvalue weighted by Gasteiger charge is -2.20. The predicted octanol–water partition coefficient (Wildman–Crippen LogP) is 4.13. The van der Waals surface area contributed by atoms with Gasteiger partial charge in [-0.2, -0.15) is 0 Å². The Labute approximate surface area is 162 Å². The molecule has 4 nitrogen and oxygen atoms in total. The molecule has 0 spiro atoms. The third-order valence-electron chi connectivity index (χ3n) is 4.99. The largest absolute Gasteiger partial charge is 0.361 e. The summed E-state index contributed by atoms with van der Waals surface area (Å²) in [7, 11) is 0. The summed E-state index contributed by atoms with van der Waals surface area (Å²) in [5.74, 6) is -0.0475. The zero-order valence-electron chi connectivity index (χ0n) is 14.6. The SMILES string of the molecule is O=C1NCc2ccc(Br)cc2/C1=C\Nc1ccc(CN2CCCC2)cc1. The van der Waals surface area contributed by atoms with Crippen LogP contribution in [0.3, 0.4) is 0 Å². The van der Waals surface area contributed by atoms with E-state index in [2.05, 4.69) is 55.7 Å². The lowest BCUT2D eigenvalue weighted by atomic mass is 9.96. The van der Waals surface area contributed by atoms with Crippen LogP contribution in [-0.2, 0) is 17.9 Å². The van der Waals surface area contributed by atoms with Gasteiger partial charge in [-0.25, -0.2) is 0 Å². The maximum absolute atomic E-state index is 12.3. The van der Waals surface area contributed by atoms with Gasteiger partial charge in [-0.05, 0) is 66.9 Å². The minimum absolute atomic E-state index is 0.0475. The molecule has 1 saturated heterocycles. The van der Waals surface area contributed by atoms with Gasteiger partial charge in [-0.1, -0.05) is 34.1 Å². The fraction of sp³-hybridized carbons (Fsp3) is 0.286. The van der Waals surface area contributed by atoms with E-state index in [1.165, 1.54) is 31.5 Å². The van der Waals surface area contributed by atoms with Gasteiger partial charge in [0.05, 0.1) is 5.57 Å². The van der Waals surface area contributed by atoms with Gasteiger partial charge in [0.25, 0.3) is 5.91 Å². The molecule has 0 saturated carbocycles. The van der Waals surface area contributed by atoms with Crippen LogP contribution in [0.5, 0.6) is 0 Å². The van der Waals surface area contributed by atoms with Crippen LogP contribution in [0.4, 0.5) is 5.69 Å². The second-order valence-electron chi connectivity index (χ2n) is 6.87. The van der Waals surface area contributed by atoms with Gasteiger partial charge in [0.2, 0.25) is 0 Å². The summed E-state index contributed by atoms with van der Waals surface area (Å²) in [6.45, 7) is 4.00. The molecule has 2 N–H and O–H groups in total. The first kappa shape index (κ1) is 17.3. The Bertz CT molecular complexity index is 839. The highest BCUT2D eigenvalue weighted by molar-refractivity contribution is 9.10. The Kier molecular flexibility index (Phi) is 5.09. The van der Waals surface area contributed by atoms with Crippen molar-refractivity contribution >= 4 is 33.1 Å². The van der Waals surface area contributed by atoms with E-state index in [0.717, 1.165) is 27.8 Å². The molecule has 0 atom stereocenters. The van der Waals surface area contributed by atoms with E-state index in [0.29, 0.717) is 12.1 Å². The van der Waals surface area contributed by atoms with Gasteiger partial charge in [-0.3, -0.25) is 9.69 Å². The molecule has 1 fully saturated rings. The highest BCUT2D eigenvalue weighted by atomic mass is 79.9. The Morgan fingerprint density at radius 1 is 1.12 bits per heavy atom. The summed E-state index contributed by atoms with van der Waals surface area (Å²) in [5, 5.41) is 6.20. The molecule has 1 amide bonds. The standard InChI is InChI=1S/C21H22BrN3O/c22-17-6-5-16-12-24-21(26)20(19(16)11-17)13-23-18-7-3-15(4-8-18)14-25-9-1-2-10-25/h3-8,11,13,23H,1-2,9-10,12,14H2,(H,24,26)/b20-13+. The molecular weight excluding hydrogens is 390 g/mol. The van der Waals surface area contributed by atoms with Crippen molar-refractivity contribution in [2.75, 3.05) is 18.4 Å². The Balaban J connectivity index is 1.49. The lowest BCUT2D eigenvalue weighted by molar-refractivity contribution is -0.116. The second kappa shape index (κ2) is 7.64. The fourth-order valence-corrected chi connectivity index (χ4v) is 3.91. The van der Waals surface area contributed by atoms with Crippen molar-refractivity contribution in [1.29, 1.82) is 0 Å². The Morgan fingerprint density at radius 2 is 1.88 bits per heavy atom. The Morgan fingerprint density at radius 3 is 2.65 bits per heavy atom. The van der Waals surface area contributed by atoms with Crippen LogP contribution in [0, 0.1) is 0 Å². The number of benzene rings is 2. The molecule has 0 aliphatic carbocycles. The summed E-state index contributed by atoms with van der Waals surface area (Å²) < 4.78 is 0.975. The number of carbonyl (C=O) groups is 1. The van der Waals surface area contributed by atoms with E-state index < -0.39 is 0 Å². The number of carbonyl (C=O) groups excluding carboxylic acids is 1. The number of fused-ring (bicyclic) bond motifs is 1. The summed E-state index contributed by atoms with van der Waals surface area (Å²) >= 11 is 3.49. The average Bonchev–Trinajstić information content (AvgIpc) is 3.15. The summed E-state index contributed by atoms with van der Waals surface area (Å²) in [4.78, 5) is 14.8. The number of likely N-dealkylation sites (tertiary alicyclic amines) is 1. The smallest absolute Gasteiger partial charge is 0.253 e. The summed E-state index contributed by atoms with van der Waals surface area (Å²) in [6, 6.07) is 14.5. The first-order valence-corrected chi connectivity index (χ1v) is 9.83. The molecule has 4 rings (SSSR count). The number of rotatable bonds is 4. The van der Waals surface area contributed by atoms with Crippen molar-refractivity contribution in [3.63, 3.8) is 0 Å². The normalized spacial score (nSPS) is 18.7. The first-order chi connectivity index (χ1) is 12.7.